The van der Waals surface area contributed by atoms with Crippen molar-refractivity contribution in [3.05, 3.63) is 65.0 Å². The second-order valence-electron chi connectivity index (χ2n) is 6.24. The van der Waals surface area contributed by atoms with E-state index < -0.39 is 0 Å². The van der Waals surface area contributed by atoms with Crippen LogP contribution < -0.4 is 10.2 Å². The Labute approximate surface area is 217 Å². The van der Waals surface area contributed by atoms with Crippen molar-refractivity contribution in [2.75, 3.05) is 0 Å². The van der Waals surface area contributed by atoms with Crippen molar-refractivity contribution >= 4 is 90.2 Å². The van der Waals surface area contributed by atoms with E-state index in [1.54, 1.807) is 12.1 Å². The van der Waals surface area contributed by atoms with Crippen LogP contribution in [-0.4, -0.2) is 9.97 Å². The Morgan fingerprint density at radius 3 is 1.48 bits per heavy atom. The van der Waals surface area contributed by atoms with E-state index in [9.17, 15) is 10.2 Å². The van der Waals surface area contributed by atoms with Gasteiger partial charge in [-0.05, 0) is 94.4 Å². The van der Waals surface area contributed by atoms with Crippen molar-refractivity contribution in [3.8, 4) is 11.5 Å². The summed E-state index contributed by atoms with van der Waals surface area (Å²) in [6, 6.07) is 10.7. The molecule has 0 amide bonds. The molecule has 4 nitrogen and oxygen atoms in total. The molecular weight excluding hydrogens is 690 g/mol. The van der Waals surface area contributed by atoms with Gasteiger partial charge < -0.3 is 10.2 Å². The Bertz CT molecular complexity index is 1160. The Morgan fingerprint density at radius 1 is 0.724 bits per heavy atom. The summed E-state index contributed by atoms with van der Waals surface area (Å²) in [7, 11) is 0. The van der Waals surface area contributed by atoms with Crippen LogP contribution in [0.5, 0.6) is 11.5 Å². The minimum Gasteiger partial charge on any atom is -0.870 e. The number of hydrogen-bond acceptors (Lipinski definition) is 4. The van der Waals surface area contributed by atoms with Gasteiger partial charge in [0.05, 0.1) is 21.1 Å². The van der Waals surface area contributed by atoms with Gasteiger partial charge in [0.2, 0.25) is 0 Å². The monoisotopic (exact) mass is 698 g/mol. The summed E-state index contributed by atoms with van der Waals surface area (Å²) in [6.07, 6.45) is 1.17. The van der Waals surface area contributed by atoms with E-state index in [0.29, 0.717) is 51.8 Å². The second kappa shape index (κ2) is 9.34. The molecule has 9 heteroatoms. The van der Waals surface area contributed by atoms with E-state index in [2.05, 4.69) is 9.97 Å². The molecule has 0 atom stereocenters. The molecule has 0 bridgehead atoms. The van der Waals surface area contributed by atoms with E-state index in [1.807, 2.05) is 69.4 Å². The number of aromatic nitrogens is 2. The van der Waals surface area contributed by atoms with Crippen LogP contribution in [-0.2, 0) is 32.3 Å². The van der Waals surface area contributed by atoms with Crippen LogP contribution in [0.15, 0.2) is 36.4 Å². The first kappa shape index (κ1) is 23.2. The molecule has 0 saturated carbocycles. The molecule has 2 aromatic carbocycles. The topological polar surface area (TPSA) is 71.9 Å². The maximum Gasteiger partial charge on any atom is 2.00 e. The molecule has 0 radical (unpaired) electrons. The minimum atomic E-state index is -0.120. The summed E-state index contributed by atoms with van der Waals surface area (Å²) in [5.41, 5.74) is 2.30. The summed E-state index contributed by atoms with van der Waals surface area (Å²) >= 11 is 16.4. The van der Waals surface area contributed by atoms with Crippen LogP contribution in [0.2, 0.25) is 10.0 Å². The van der Waals surface area contributed by atoms with Gasteiger partial charge in [-0.25, -0.2) is 0 Å². The molecule has 0 aliphatic carbocycles. The molecule has 0 unspecified atom stereocenters. The van der Waals surface area contributed by atoms with Gasteiger partial charge in [0.1, 0.15) is 0 Å². The third-order valence-corrected chi connectivity index (χ3v) is 6.66. The number of fused-ring (bicyclic) bond motifs is 2. The zero-order chi connectivity index (χ0) is 20.0. The Kier molecular flexibility index (Phi) is 7.47. The maximum atomic E-state index is 12.4. The first-order chi connectivity index (χ1) is 13.3. The van der Waals surface area contributed by atoms with Crippen LogP contribution in [0.25, 0.3) is 21.8 Å². The number of aryl methyl sites for hydroxylation is 2. The smallest absolute Gasteiger partial charge is 0.870 e. The van der Waals surface area contributed by atoms with Gasteiger partial charge in [0.25, 0.3) is 0 Å². The van der Waals surface area contributed by atoms with Crippen molar-refractivity contribution in [2.45, 2.75) is 12.8 Å². The van der Waals surface area contributed by atoms with Crippen LogP contribution in [0.4, 0.5) is 0 Å². The summed E-state index contributed by atoms with van der Waals surface area (Å²) in [6.45, 7) is 0. The number of benzene rings is 2. The molecule has 2 aromatic heterocycles. The number of hydrogen-bond donors (Lipinski definition) is 0. The molecule has 142 valence electrons. The SMILES string of the molecule is [O-]c1c(I)cc(Cl)c2ccc(CCc3ccc4c(Cl)cc(I)c([O-])c4n3)nc12.[Zn+2]. The molecule has 0 N–H and O–H groups in total. The van der Waals surface area contributed by atoms with Crippen molar-refractivity contribution in [2.24, 2.45) is 0 Å². The van der Waals surface area contributed by atoms with E-state index in [-0.39, 0.29) is 31.0 Å². The largest absolute Gasteiger partial charge is 2.00 e. The van der Waals surface area contributed by atoms with Crippen molar-refractivity contribution < 1.29 is 29.7 Å². The van der Waals surface area contributed by atoms with Crippen LogP contribution in [0, 0.1) is 7.14 Å². The first-order valence-corrected chi connectivity index (χ1v) is 11.2. The number of rotatable bonds is 3. The average Bonchev–Trinajstić information content (AvgIpc) is 2.68. The van der Waals surface area contributed by atoms with Crippen molar-refractivity contribution in [1.29, 1.82) is 0 Å². The van der Waals surface area contributed by atoms with Gasteiger partial charge in [-0.3, -0.25) is 9.97 Å². The third-order valence-electron chi connectivity index (χ3n) is 4.43. The van der Waals surface area contributed by atoms with Gasteiger partial charge in [0, 0.05) is 29.3 Å². The van der Waals surface area contributed by atoms with Gasteiger partial charge in [-0.15, -0.1) is 0 Å². The van der Waals surface area contributed by atoms with E-state index in [1.165, 1.54) is 0 Å². The fourth-order valence-corrected chi connectivity index (χ4v) is 5.03. The molecular formula is C20H10Cl2I2N2O2Zn. The van der Waals surface area contributed by atoms with Crippen molar-refractivity contribution in [3.63, 3.8) is 0 Å². The van der Waals surface area contributed by atoms with Crippen LogP contribution in [0.3, 0.4) is 0 Å². The first-order valence-electron chi connectivity index (χ1n) is 8.24. The second-order valence-corrected chi connectivity index (χ2v) is 9.37. The molecule has 2 heterocycles. The summed E-state index contributed by atoms with van der Waals surface area (Å²) < 4.78 is 1.09. The van der Waals surface area contributed by atoms with Gasteiger partial charge in [0.15, 0.2) is 0 Å². The molecule has 0 fully saturated rings. The molecule has 0 aliphatic heterocycles. The molecule has 0 spiro atoms. The van der Waals surface area contributed by atoms with Gasteiger partial charge >= 0.3 is 19.5 Å². The molecule has 29 heavy (non-hydrogen) atoms. The Morgan fingerprint density at radius 2 is 1.10 bits per heavy atom. The van der Waals surface area contributed by atoms with E-state index in [4.69, 9.17) is 23.2 Å². The Balaban J connectivity index is 0.00000240. The molecule has 4 rings (SSSR count). The predicted octanol–water partition coefficient (Wildman–Crippen LogP) is 5.23. The summed E-state index contributed by atoms with van der Waals surface area (Å²) in [4.78, 5) is 9.01. The number of pyridine rings is 2. The van der Waals surface area contributed by atoms with Crippen LogP contribution >= 0.6 is 68.4 Å². The standard InChI is InChI=1S/C20H12Cl2I2N2O2.Zn/c21-13-7-15(23)19(27)17-11(13)5-3-9(25-17)1-2-10-4-6-12-14(22)8-16(24)20(28)18(12)26-10;/h3-8,27-28H,1-2H2;/q;+2/p-2. The number of nitrogens with zero attached hydrogens (tertiary/aromatic N) is 2. The summed E-state index contributed by atoms with van der Waals surface area (Å²) in [5, 5.41) is 27.1. The van der Waals surface area contributed by atoms with Gasteiger partial charge in [-0.1, -0.05) is 34.7 Å². The zero-order valence-electron chi connectivity index (χ0n) is 14.8. The van der Waals surface area contributed by atoms with Gasteiger partial charge in [-0.2, -0.15) is 0 Å². The third kappa shape index (κ3) is 4.59. The van der Waals surface area contributed by atoms with Crippen LogP contribution in [0.1, 0.15) is 11.4 Å². The fourth-order valence-electron chi connectivity index (χ4n) is 3.00. The maximum absolute atomic E-state index is 12.4. The molecule has 0 saturated heterocycles. The zero-order valence-corrected chi connectivity index (χ0v) is 23.6. The number of halogens is 4. The normalized spacial score (nSPS) is 11.0. The fraction of sp³-hybridized carbons (Fsp3) is 0.100. The minimum absolute atomic E-state index is 0. The average molecular weight is 700 g/mol. The molecule has 0 aliphatic rings. The van der Waals surface area contributed by atoms with E-state index >= 15 is 0 Å². The molecule has 4 aromatic rings. The Hall–Kier alpha value is -0.477. The quantitative estimate of drug-likeness (QED) is 0.217. The predicted molar refractivity (Wildman–Crippen MR) is 125 cm³/mol. The summed E-state index contributed by atoms with van der Waals surface area (Å²) in [5.74, 6) is -0.239. The van der Waals surface area contributed by atoms with Crippen molar-refractivity contribution in [1.82, 2.24) is 9.97 Å². The van der Waals surface area contributed by atoms with E-state index in [0.717, 1.165) is 11.4 Å².